The average Bonchev–Trinajstić information content (AvgIpc) is 3.00. The summed E-state index contributed by atoms with van der Waals surface area (Å²) in [5, 5.41) is 8.17. The van der Waals surface area contributed by atoms with Gasteiger partial charge in [0.2, 0.25) is 0 Å². The van der Waals surface area contributed by atoms with Crippen LogP contribution in [0.15, 0.2) is 10.6 Å². The van der Waals surface area contributed by atoms with Crippen LogP contribution in [0.25, 0.3) is 11.1 Å². The summed E-state index contributed by atoms with van der Waals surface area (Å²) in [7, 11) is 0. The van der Waals surface area contributed by atoms with Gasteiger partial charge in [-0.25, -0.2) is 4.98 Å². The van der Waals surface area contributed by atoms with Gasteiger partial charge in [-0.1, -0.05) is 25.9 Å². The summed E-state index contributed by atoms with van der Waals surface area (Å²) in [4.78, 5) is 20.1. The standard InChI is InChI=1S/C19H28N4O2/c1-5-10-23(14-6-8-20-9-7-14)19(24)15-11-16(12(2)3)21-18-17(15)13(4)22-25-18/h11-12,14,20H,5-10H2,1-4H3. The zero-order chi connectivity index (χ0) is 18.0. The second-order valence-corrected chi connectivity index (χ2v) is 7.18. The molecule has 25 heavy (non-hydrogen) atoms. The van der Waals surface area contributed by atoms with Gasteiger partial charge in [-0.15, -0.1) is 0 Å². The second-order valence-electron chi connectivity index (χ2n) is 7.18. The van der Waals surface area contributed by atoms with E-state index in [4.69, 9.17) is 4.52 Å². The molecule has 6 heteroatoms. The normalized spacial score (nSPS) is 15.9. The van der Waals surface area contributed by atoms with E-state index in [-0.39, 0.29) is 11.8 Å². The molecular formula is C19H28N4O2. The largest absolute Gasteiger partial charge is 0.336 e. The molecule has 0 aromatic carbocycles. The molecule has 0 spiro atoms. The third kappa shape index (κ3) is 3.54. The van der Waals surface area contributed by atoms with Crippen LogP contribution in [0.2, 0.25) is 0 Å². The first-order chi connectivity index (χ1) is 12.0. The highest BCUT2D eigenvalue weighted by Crippen LogP contribution is 2.27. The molecule has 1 aliphatic heterocycles. The minimum absolute atomic E-state index is 0.0781. The molecule has 0 bridgehead atoms. The lowest BCUT2D eigenvalue weighted by Crippen LogP contribution is -2.46. The van der Waals surface area contributed by atoms with E-state index in [1.54, 1.807) is 0 Å². The van der Waals surface area contributed by atoms with Crippen molar-refractivity contribution in [1.82, 2.24) is 20.4 Å². The molecule has 0 unspecified atom stereocenters. The third-order valence-corrected chi connectivity index (χ3v) is 4.93. The van der Waals surface area contributed by atoms with Crippen molar-refractivity contribution in [2.45, 2.75) is 58.9 Å². The number of pyridine rings is 1. The van der Waals surface area contributed by atoms with Crippen molar-refractivity contribution in [3.63, 3.8) is 0 Å². The second kappa shape index (κ2) is 7.52. The van der Waals surface area contributed by atoms with E-state index in [0.29, 0.717) is 17.3 Å². The average molecular weight is 344 g/mol. The molecule has 136 valence electrons. The zero-order valence-electron chi connectivity index (χ0n) is 15.6. The number of carbonyl (C=O) groups excluding carboxylic acids is 1. The Bertz CT molecular complexity index is 747. The topological polar surface area (TPSA) is 71.3 Å². The summed E-state index contributed by atoms with van der Waals surface area (Å²) in [6.07, 6.45) is 2.95. The van der Waals surface area contributed by atoms with Gasteiger partial charge in [0.15, 0.2) is 0 Å². The highest BCUT2D eigenvalue weighted by molar-refractivity contribution is 6.06. The Hall–Kier alpha value is -1.95. The Morgan fingerprint density at radius 2 is 2.12 bits per heavy atom. The van der Waals surface area contributed by atoms with Gasteiger partial charge in [0.05, 0.1) is 16.6 Å². The fraction of sp³-hybridized carbons (Fsp3) is 0.632. The predicted octanol–water partition coefficient (Wildman–Crippen LogP) is 3.26. The first kappa shape index (κ1) is 17.9. The maximum Gasteiger partial charge on any atom is 0.259 e. The Morgan fingerprint density at radius 1 is 1.40 bits per heavy atom. The lowest BCUT2D eigenvalue weighted by Gasteiger charge is -2.34. The molecule has 1 amide bonds. The van der Waals surface area contributed by atoms with Gasteiger partial charge in [-0.2, -0.15) is 0 Å². The Morgan fingerprint density at radius 3 is 2.76 bits per heavy atom. The molecule has 2 aromatic rings. The summed E-state index contributed by atoms with van der Waals surface area (Å²) in [5.41, 5.74) is 2.74. The molecule has 0 radical (unpaired) electrons. The summed E-state index contributed by atoms with van der Waals surface area (Å²) < 4.78 is 5.37. The van der Waals surface area contributed by atoms with Gasteiger partial charge >= 0.3 is 0 Å². The van der Waals surface area contributed by atoms with Crippen LogP contribution in [0.4, 0.5) is 0 Å². The quantitative estimate of drug-likeness (QED) is 0.901. The first-order valence-corrected chi connectivity index (χ1v) is 9.31. The fourth-order valence-corrected chi connectivity index (χ4v) is 3.54. The lowest BCUT2D eigenvalue weighted by molar-refractivity contribution is 0.0644. The van der Waals surface area contributed by atoms with Gasteiger partial charge in [0, 0.05) is 18.3 Å². The van der Waals surface area contributed by atoms with E-state index in [1.807, 2.05) is 17.9 Å². The van der Waals surface area contributed by atoms with E-state index in [1.165, 1.54) is 0 Å². The Labute approximate surface area is 149 Å². The number of piperidine rings is 1. The van der Waals surface area contributed by atoms with Crippen molar-refractivity contribution >= 4 is 17.0 Å². The van der Waals surface area contributed by atoms with E-state index in [9.17, 15) is 4.79 Å². The molecule has 0 saturated carbocycles. The van der Waals surface area contributed by atoms with Crippen LogP contribution in [0.1, 0.15) is 67.7 Å². The van der Waals surface area contributed by atoms with E-state index >= 15 is 0 Å². The SMILES string of the molecule is CCCN(C(=O)c1cc(C(C)C)nc2onc(C)c12)C1CCNCC1. The van der Waals surface area contributed by atoms with Crippen LogP contribution >= 0.6 is 0 Å². The maximum atomic E-state index is 13.5. The highest BCUT2D eigenvalue weighted by atomic mass is 16.5. The van der Waals surface area contributed by atoms with Crippen molar-refractivity contribution in [3.05, 3.63) is 23.0 Å². The molecule has 1 fully saturated rings. The number of nitrogens with one attached hydrogen (secondary N) is 1. The van der Waals surface area contributed by atoms with Crippen molar-refractivity contribution < 1.29 is 9.32 Å². The number of fused-ring (bicyclic) bond motifs is 1. The summed E-state index contributed by atoms with van der Waals surface area (Å²) in [6.45, 7) is 10.8. The third-order valence-electron chi connectivity index (χ3n) is 4.93. The van der Waals surface area contributed by atoms with Gasteiger partial charge in [0.25, 0.3) is 11.6 Å². The summed E-state index contributed by atoms with van der Waals surface area (Å²) in [5.74, 6) is 0.300. The van der Waals surface area contributed by atoms with Crippen molar-refractivity contribution in [3.8, 4) is 0 Å². The summed E-state index contributed by atoms with van der Waals surface area (Å²) in [6, 6.07) is 2.23. The first-order valence-electron chi connectivity index (χ1n) is 9.31. The monoisotopic (exact) mass is 344 g/mol. The zero-order valence-corrected chi connectivity index (χ0v) is 15.6. The van der Waals surface area contributed by atoms with Gasteiger partial charge < -0.3 is 14.7 Å². The van der Waals surface area contributed by atoms with E-state index < -0.39 is 0 Å². The number of hydrogen-bond acceptors (Lipinski definition) is 5. The van der Waals surface area contributed by atoms with Crippen LogP contribution in [-0.2, 0) is 0 Å². The van der Waals surface area contributed by atoms with Crippen molar-refractivity contribution in [2.75, 3.05) is 19.6 Å². The molecule has 1 N–H and O–H groups in total. The van der Waals surface area contributed by atoms with Crippen molar-refractivity contribution in [2.24, 2.45) is 0 Å². The van der Waals surface area contributed by atoms with Crippen molar-refractivity contribution in [1.29, 1.82) is 0 Å². The molecule has 0 atom stereocenters. The van der Waals surface area contributed by atoms with Crippen LogP contribution in [0.5, 0.6) is 0 Å². The van der Waals surface area contributed by atoms with Crippen LogP contribution in [-0.4, -0.2) is 46.6 Å². The number of amides is 1. The van der Waals surface area contributed by atoms with Crippen LogP contribution < -0.4 is 5.32 Å². The highest BCUT2D eigenvalue weighted by Gasteiger charge is 2.28. The molecule has 6 nitrogen and oxygen atoms in total. The minimum atomic E-state index is 0.0781. The summed E-state index contributed by atoms with van der Waals surface area (Å²) >= 11 is 0. The van der Waals surface area contributed by atoms with E-state index in [2.05, 4.69) is 36.2 Å². The molecule has 1 saturated heterocycles. The van der Waals surface area contributed by atoms with E-state index in [0.717, 1.165) is 55.7 Å². The Kier molecular flexibility index (Phi) is 5.37. The van der Waals surface area contributed by atoms with Crippen LogP contribution in [0.3, 0.4) is 0 Å². The van der Waals surface area contributed by atoms with Gasteiger partial charge in [-0.3, -0.25) is 4.79 Å². The smallest absolute Gasteiger partial charge is 0.259 e. The molecule has 1 aliphatic rings. The molecule has 0 aliphatic carbocycles. The molecule has 3 heterocycles. The molecule has 2 aromatic heterocycles. The number of rotatable bonds is 5. The number of aryl methyl sites for hydroxylation is 1. The molecule has 3 rings (SSSR count). The van der Waals surface area contributed by atoms with Crippen LogP contribution in [0, 0.1) is 6.92 Å². The number of aromatic nitrogens is 2. The van der Waals surface area contributed by atoms with Gasteiger partial charge in [0.1, 0.15) is 0 Å². The lowest BCUT2D eigenvalue weighted by atomic mass is 10.00. The number of carbonyl (C=O) groups is 1. The fourth-order valence-electron chi connectivity index (χ4n) is 3.54. The molecular weight excluding hydrogens is 316 g/mol. The number of nitrogens with zero attached hydrogens (tertiary/aromatic N) is 3. The minimum Gasteiger partial charge on any atom is -0.336 e. The van der Waals surface area contributed by atoms with Gasteiger partial charge in [-0.05, 0) is 51.3 Å². The Balaban J connectivity index is 2.05. The predicted molar refractivity (Wildman–Crippen MR) is 97.8 cm³/mol. The number of hydrogen-bond donors (Lipinski definition) is 1. The maximum absolute atomic E-state index is 13.5.